The number of benzene rings is 2. The van der Waals surface area contributed by atoms with Crippen molar-refractivity contribution in [3.63, 3.8) is 0 Å². The average molecular weight is 388 g/mol. The van der Waals surface area contributed by atoms with Crippen molar-refractivity contribution in [1.82, 2.24) is 5.32 Å². The molecular formula is C20H24N2O4S. The van der Waals surface area contributed by atoms with E-state index < -0.39 is 10.0 Å². The van der Waals surface area contributed by atoms with E-state index in [0.29, 0.717) is 18.0 Å². The molecule has 144 valence electrons. The first-order chi connectivity index (χ1) is 12.9. The smallest absolute Gasteiger partial charge is 0.261 e. The largest absolute Gasteiger partial charge is 0.497 e. The van der Waals surface area contributed by atoms with E-state index in [1.165, 1.54) is 18.2 Å². The van der Waals surface area contributed by atoms with Crippen LogP contribution in [0.25, 0.3) is 6.08 Å². The number of rotatable bonds is 9. The van der Waals surface area contributed by atoms with Crippen molar-refractivity contribution in [2.24, 2.45) is 0 Å². The van der Waals surface area contributed by atoms with Gasteiger partial charge in [-0.05, 0) is 54.5 Å². The molecule has 0 radical (unpaired) electrons. The van der Waals surface area contributed by atoms with Crippen molar-refractivity contribution < 1.29 is 17.9 Å². The third kappa shape index (κ3) is 6.45. The Hall–Kier alpha value is -2.80. The van der Waals surface area contributed by atoms with Gasteiger partial charge in [0, 0.05) is 18.3 Å². The van der Waals surface area contributed by atoms with Gasteiger partial charge >= 0.3 is 0 Å². The average Bonchev–Trinajstić information content (AvgIpc) is 2.67. The molecule has 0 aliphatic heterocycles. The van der Waals surface area contributed by atoms with Crippen LogP contribution >= 0.6 is 0 Å². The van der Waals surface area contributed by atoms with E-state index in [1.807, 2.05) is 0 Å². The Kier molecular flexibility index (Phi) is 7.43. The lowest BCUT2D eigenvalue weighted by Gasteiger charge is -2.09. The van der Waals surface area contributed by atoms with E-state index in [9.17, 15) is 13.2 Å². The summed E-state index contributed by atoms with van der Waals surface area (Å²) in [6.45, 7) is 2.70. The summed E-state index contributed by atoms with van der Waals surface area (Å²) in [5.74, 6) is 0.481. The molecule has 0 spiro atoms. The lowest BCUT2D eigenvalue weighted by Crippen LogP contribution is -2.21. The van der Waals surface area contributed by atoms with Crippen LogP contribution in [0.15, 0.2) is 59.5 Å². The molecule has 2 rings (SSSR count). The number of hydrogen-bond donors (Lipinski definition) is 2. The van der Waals surface area contributed by atoms with E-state index in [4.69, 9.17) is 4.74 Å². The Bertz CT molecular complexity index is 873. The molecule has 6 nitrogen and oxygen atoms in total. The molecule has 0 aromatic heterocycles. The van der Waals surface area contributed by atoms with Crippen LogP contribution in [0.5, 0.6) is 5.75 Å². The first-order valence-electron chi connectivity index (χ1n) is 8.67. The van der Waals surface area contributed by atoms with Gasteiger partial charge in [0.25, 0.3) is 10.0 Å². The summed E-state index contributed by atoms with van der Waals surface area (Å²) in [5.41, 5.74) is 1.19. The van der Waals surface area contributed by atoms with Gasteiger partial charge < -0.3 is 10.1 Å². The highest BCUT2D eigenvalue weighted by atomic mass is 32.2. The molecule has 0 aliphatic carbocycles. The maximum atomic E-state index is 12.5. The minimum Gasteiger partial charge on any atom is -0.497 e. The zero-order valence-electron chi connectivity index (χ0n) is 15.4. The second-order valence-electron chi connectivity index (χ2n) is 5.88. The van der Waals surface area contributed by atoms with Crippen molar-refractivity contribution in [3.8, 4) is 5.75 Å². The van der Waals surface area contributed by atoms with Crippen LogP contribution in [-0.4, -0.2) is 28.0 Å². The molecule has 27 heavy (non-hydrogen) atoms. The fourth-order valence-corrected chi connectivity index (χ4v) is 3.31. The van der Waals surface area contributed by atoms with Gasteiger partial charge in [-0.2, -0.15) is 0 Å². The third-order valence-electron chi connectivity index (χ3n) is 3.79. The maximum absolute atomic E-state index is 12.5. The van der Waals surface area contributed by atoms with Crippen molar-refractivity contribution >= 4 is 27.7 Å². The molecule has 7 heteroatoms. The van der Waals surface area contributed by atoms with Crippen molar-refractivity contribution in [3.05, 3.63) is 60.2 Å². The van der Waals surface area contributed by atoms with E-state index in [0.717, 1.165) is 18.4 Å². The molecule has 2 N–H and O–H groups in total. The molecule has 2 aromatic rings. The van der Waals surface area contributed by atoms with E-state index in [1.54, 1.807) is 49.6 Å². The zero-order chi connectivity index (χ0) is 19.7. The third-order valence-corrected chi connectivity index (χ3v) is 5.19. The van der Waals surface area contributed by atoms with Gasteiger partial charge in [-0.3, -0.25) is 9.52 Å². The summed E-state index contributed by atoms with van der Waals surface area (Å²) >= 11 is 0. The molecule has 2 aromatic carbocycles. The number of nitrogens with one attached hydrogen (secondary N) is 2. The summed E-state index contributed by atoms with van der Waals surface area (Å²) in [4.78, 5) is 11.8. The highest BCUT2D eigenvalue weighted by Crippen LogP contribution is 2.19. The Morgan fingerprint density at radius 2 is 1.74 bits per heavy atom. The summed E-state index contributed by atoms with van der Waals surface area (Å²) < 4.78 is 32.5. The number of ether oxygens (including phenoxy) is 1. The van der Waals surface area contributed by atoms with Gasteiger partial charge in [0.15, 0.2) is 0 Å². The molecule has 0 saturated carbocycles. The Morgan fingerprint density at radius 3 is 2.33 bits per heavy atom. The fraction of sp³-hybridized carbons (Fsp3) is 0.250. The number of unbranched alkanes of at least 4 members (excludes halogenated alkanes) is 1. The lowest BCUT2D eigenvalue weighted by molar-refractivity contribution is -0.116. The van der Waals surface area contributed by atoms with Crippen LogP contribution in [0.1, 0.15) is 25.3 Å². The van der Waals surface area contributed by atoms with Crippen LogP contribution in [0.2, 0.25) is 0 Å². The van der Waals surface area contributed by atoms with Crippen LogP contribution in [0.3, 0.4) is 0 Å². The number of carbonyl (C=O) groups is 1. The zero-order valence-corrected chi connectivity index (χ0v) is 16.3. The maximum Gasteiger partial charge on any atom is 0.261 e. The number of hydrogen-bond acceptors (Lipinski definition) is 4. The van der Waals surface area contributed by atoms with Gasteiger partial charge in [0.05, 0.1) is 12.0 Å². The standard InChI is InChI=1S/C20H24N2O4S/c1-3-4-15-21-20(23)14-7-16-5-12-19(13-6-16)27(24,25)22-17-8-10-18(26-2)11-9-17/h5-14,22H,3-4,15H2,1-2H3,(H,21,23). The monoisotopic (exact) mass is 388 g/mol. The Morgan fingerprint density at radius 1 is 1.07 bits per heavy atom. The Balaban J connectivity index is 2.01. The van der Waals surface area contributed by atoms with Gasteiger partial charge in [-0.15, -0.1) is 0 Å². The number of sulfonamides is 1. The highest BCUT2D eigenvalue weighted by molar-refractivity contribution is 7.92. The van der Waals surface area contributed by atoms with Crippen molar-refractivity contribution in [2.75, 3.05) is 18.4 Å². The molecular weight excluding hydrogens is 364 g/mol. The molecule has 0 unspecified atom stereocenters. The van der Waals surface area contributed by atoms with E-state index in [-0.39, 0.29) is 10.8 Å². The quantitative estimate of drug-likeness (QED) is 0.509. The lowest BCUT2D eigenvalue weighted by atomic mass is 10.2. The molecule has 1 amide bonds. The predicted molar refractivity (Wildman–Crippen MR) is 107 cm³/mol. The number of amides is 1. The molecule has 0 atom stereocenters. The van der Waals surface area contributed by atoms with Gasteiger partial charge in [-0.25, -0.2) is 8.42 Å². The second-order valence-corrected chi connectivity index (χ2v) is 7.56. The van der Waals surface area contributed by atoms with Crippen LogP contribution in [0, 0.1) is 0 Å². The number of anilines is 1. The molecule has 0 fully saturated rings. The summed E-state index contributed by atoms with van der Waals surface area (Å²) in [6.07, 6.45) is 5.04. The van der Waals surface area contributed by atoms with E-state index in [2.05, 4.69) is 17.0 Å². The highest BCUT2D eigenvalue weighted by Gasteiger charge is 2.13. The minimum atomic E-state index is -3.69. The van der Waals surface area contributed by atoms with Gasteiger partial charge in [-0.1, -0.05) is 25.5 Å². The van der Waals surface area contributed by atoms with Crippen molar-refractivity contribution in [2.45, 2.75) is 24.7 Å². The van der Waals surface area contributed by atoms with Gasteiger partial charge in [0.1, 0.15) is 5.75 Å². The summed E-state index contributed by atoms with van der Waals surface area (Å²) in [5, 5.41) is 2.78. The normalized spacial score (nSPS) is 11.3. The SMILES string of the molecule is CCCCNC(=O)C=Cc1ccc(S(=O)(=O)Nc2ccc(OC)cc2)cc1. The molecule has 0 heterocycles. The second kappa shape index (κ2) is 9.78. The van der Waals surface area contributed by atoms with E-state index >= 15 is 0 Å². The predicted octanol–water partition coefficient (Wildman–Crippen LogP) is 3.43. The number of carbonyl (C=O) groups excluding carboxylic acids is 1. The topological polar surface area (TPSA) is 84.5 Å². The van der Waals surface area contributed by atoms with Crippen molar-refractivity contribution in [1.29, 1.82) is 0 Å². The van der Waals surface area contributed by atoms with Crippen LogP contribution in [-0.2, 0) is 14.8 Å². The van der Waals surface area contributed by atoms with Crippen LogP contribution in [0.4, 0.5) is 5.69 Å². The molecule has 0 aliphatic rings. The number of methoxy groups -OCH3 is 1. The first-order valence-corrected chi connectivity index (χ1v) is 10.2. The van der Waals surface area contributed by atoms with Gasteiger partial charge in [0.2, 0.25) is 5.91 Å². The van der Waals surface area contributed by atoms with Crippen LogP contribution < -0.4 is 14.8 Å². The summed E-state index contributed by atoms with van der Waals surface area (Å²) in [7, 11) is -2.14. The fourth-order valence-electron chi connectivity index (χ4n) is 2.25. The molecule has 0 saturated heterocycles. The molecule has 0 bridgehead atoms. The summed E-state index contributed by atoms with van der Waals surface area (Å²) in [6, 6.07) is 12.9. The first kappa shape index (κ1) is 20.5. The minimum absolute atomic E-state index is 0.142. The Labute approximate surface area is 160 Å².